The summed E-state index contributed by atoms with van der Waals surface area (Å²) in [4.78, 5) is 7.23. The van der Waals surface area contributed by atoms with Crippen LogP contribution >= 0.6 is 0 Å². The molecule has 0 bridgehead atoms. The Labute approximate surface area is 71.9 Å². The summed E-state index contributed by atoms with van der Waals surface area (Å²) < 4.78 is 0. The van der Waals surface area contributed by atoms with Crippen LogP contribution in [0, 0.1) is 0 Å². The quantitative estimate of drug-likeness (QED) is 0.599. The molecule has 2 aromatic rings. The first kappa shape index (κ1) is 7.16. The summed E-state index contributed by atoms with van der Waals surface area (Å²) in [5, 5.41) is 0. The van der Waals surface area contributed by atoms with Crippen LogP contribution in [0.1, 0.15) is 0 Å². The van der Waals surface area contributed by atoms with E-state index in [4.69, 9.17) is 0 Å². The minimum absolute atomic E-state index is 0.883. The highest BCUT2D eigenvalue weighted by Gasteiger charge is 1.98. The molecule has 0 aliphatic rings. The van der Waals surface area contributed by atoms with Gasteiger partial charge in [0.05, 0.1) is 5.72 Å². The molecule has 58 valence electrons. The zero-order valence-corrected chi connectivity index (χ0v) is 6.70. The predicted molar refractivity (Wildman–Crippen MR) is 51.4 cm³/mol. The Hall–Kier alpha value is -1.51. The summed E-state index contributed by atoms with van der Waals surface area (Å²) in [5.74, 6) is 0. The van der Waals surface area contributed by atoms with E-state index in [9.17, 15) is 0 Å². The monoisotopic (exact) mass is 156 g/mol. The predicted octanol–water partition coefficient (Wildman–Crippen LogP) is -0.203. The van der Waals surface area contributed by atoms with E-state index in [0.29, 0.717) is 0 Å². The van der Waals surface area contributed by atoms with Crippen molar-refractivity contribution in [3.63, 3.8) is 0 Å². The number of hydrogen-bond acceptors (Lipinski definition) is 1. The first-order chi connectivity index (χ1) is 5.95. The molecule has 1 heterocycles. The largest absolute Gasteiger partial charge is 0.357 e. The molecule has 0 atom stereocenters. The van der Waals surface area contributed by atoms with E-state index in [1.54, 1.807) is 6.20 Å². The first-order valence-corrected chi connectivity index (χ1v) is 3.97. The van der Waals surface area contributed by atoms with E-state index in [1.807, 2.05) is 24.4 Å². The summed E-state index contributed by atoms with van der Waals surface area (Å²) in [7, 11) is 0.883. The van der Waals surface area contributed by atoms with Crippen LogP contribution in [0.5, 0.6) is 0 Å². The number of rotatable bonds is 2. The number of H-pyrrole nitrogens is 1. The zero-order chi connectivity index (χ0) is 8.23. The van der Waals surface area contributed by atoms with Crippen molar-refractivity contribution < 1.29 is 0 Å². The molecule has 3 heteroatoms. The summed E-state index contributed by atoms with van der Waals surface area (Å²) in [5.41, 5.74) is 2.30. The average molecular weight is 156 g/mol. The minimum atomic E-state index is 0.883. The Balaban J connectivity index is 2.15. The van der Waals surface area contributed by atoms with Crippen molar-refractivity contribution in [3.05, 3.63) is 42.7 Å². The van der Waals surface area contributed by atoms with Gasteiger partial charge in [-0.15, -0.1) is 0 Å². The lowest BCUT2D eigenvalue weighted by Gasteiger charge is -1.93. The minimum Gasteiger partial charge on any atom is -0.357 e. The summed E-state index contributed by atoms with van der Waals surface area (Å²) in [6.45, 7) is 0. The van der Waals surface area contributed by atoms with E-state index < -0.39 is 0 Å². The third-order valence-electron chi connectivity index (χ3n) is 1.77. The van der Waals surface area contributed by atoms with Crippen LogP contribution in [0.25, 0.3) is 0 Å². The Morgan fingerprint density at radius 1 is 1.17 bits per heavy atom. The van der Waals surface area contributed by atoms with Gasteiger partial charge in [-0.05, 0) is 0 Å². The Morgan fingerprint density at radius 2 is 2.00 bits per heavy atom. The molecule has 0 saturated heterocycles. The number of aromatic amines is 1. The summed E-state index contributed by atoms with van der Waals surface area (Å²) in [6.07, 6.45) is 3.62. The van der Waals surface area contributed by atoms with Gasteiger partial charge in [-0.1, -0.05) is 35.8 Å². The van der Waals surface area contributed by atoms with Crippen molar-refractivity contribution in [2.45, 2.75) is 0 Å². The van der Waals surface area contributed by atoms with E-state index in [2.05, 4.69) is 22.1 Å². The second-order valence-electron chi connectivity index (χ2n) is 2.70. The van der Waals surface area contributed by atoms with Gasteiger partial charge in [0.15, 0.2) is 0 Å². The van der Waals surface area contributed by atoms with Gasteiger partial charge in [0.1, 0.15) is 0 Å². The number of nitrogens with one attached hydrogen (secondary N) is 1. The fraction of sp³-hybridized carbons (Fsp3) is 0. The standard InChI is InChI=1S/C9H9BN2/c1-2-4-8(5-3-1)10-9-11-6-7-12-9/h1-7,10H,(H,11,12). The Kier molecular flexibility index (Phi) is 1.95. The van der Waals surface area contributed by atoms with Gasteiger partial charge >= 0.3 is 0 Å². The number of hydrogen-bond donors (Lipinski definition) is 1. The second kappa shape index (κ2) is 3.26. The van der Waals surface area contributed by atoms with Crippen LogP contribution < -0.4 is 11.2 Å². The zero-order valence-electron chi connectivity index (χ0n) is 6.70. The van der Waals surface area contributed by atoms with Gasteiger partial charge in [0, 0.05) is 12.4 Å². The van der Waals surface area contributed by atoms with Crippen molar-refractivity contribution in [1.29, 1.82) is 0 Å². The molecular formula is C9H9BN2. The molecule has 1 N–H and O–H groups in total. The maximum absolute atomic E-state index is 4.16. The molecule has 1 aromatic carbocycles. The van der Waals surface area contributed by atoms with Gasteiger partial charge in [0.2, 0.25) is 7.28 Å². The summed E-state index contributed by atoms with van der Waals surface area (Å²) >= 11 is 0. The van der Waals surface area contributed by atoms with E-state index in [0.717, 1.165) is 13.0 Å². The van der Waals surface area contributed by atoms with Gasteiger partial charge in [-0.3, -0.25) is 4.98 Å². The first-order valence-electron chi connectivity index (χ1n) is 3.97. The number of imidazole rings is 1. The average Bonchev–Trinajstić information content (AvgIpc) is 2.59. The SMILES string of the molecule is B(c1ccccc1)c1ncc[nH]1. The van der Waals surface area contributed by atoms with E-state index >= 15 is 0 Å². The lowest BCUT2D eigenvalue weighted by atomic mass is 9.70. The van der Waals surface area contributed by atoms with Crippen molar-refractivity contribution >= 4 is 18.5 Å². The van der Waals surface area contributed by atoms with Gasteiger partial charge in [0.25, 0.3) is 0 Å². The van der Waals surface area contributed by atoms with Crippen LogP contribution in [0.2, 0.25) is 0 Å². The smallest absolute Gasteiger partial charge is 0.237 e. The molecule has 0 saturated carbocycles. The van der Waals surface area contributed by atoms with Crippen LogP contribution in [0.15, 0.2) is 42.7 Å². The van der Waals surface area contributed by atoms with Gasteiger partial charge in [-0.25, -0.2) is 0 Å². The number of aromatic nitrogens is 2. The molecule has 0 unspecified atom stereocenters. The number of benzene rings is 1. The maximum atomic E-state index is 4.16. The third kappa shape index (κ3) is 1.56. The molecule has 2 nitrogen and oxygen atoms in total. The van der Waals surface area contributed by atoms with E-state index in [-0.39, 0.29) is 0 Å². The molecule has 1 aromatic heterocycles. The highest BCUT2D eigenvalue weighted by molar-refractivity contribution is 6.65. The summed E-state index contributed by atoms with van der Waals surface area (Å²) in [6, 6.07) is 10.3. The topological polar surface area (TPSA) is 28.7 Å². The Morgan fingerprint density at radius 3 is 2.67 bits per heavy atom. The molecule has 0 spiro atoms. The molecule has 0 aliphatic carbocycles. The van der Waals surface area contributed by atoms with Crippen LogP contribution in [0.4, 0.5) is 0 Å². The van der Waals surface area contributed by atoms with Crippen molar-refractivity contribution in [2.75, 3.05) is 0 Å². The van der Waals surface area contributed by atoms with Crippen LogP contribution in [0.3, 0.4) is 0 Å². The highest BCUT2D eigenvalue weighted by Crippen LogP contribution is 1.80. The van der Waals surface area contributed by atoms with Crippen molar-refractivity contribution in [2.24, 2.45) is 0 Å². The number of nitrogens with zero attached hydrogens (tertiary/aromatic N) is 1. The molecule has 0 radical (unpaired) electrons. The third-order valence-corrected chi connectivity index (χ3v) is 1.77. The second-order valence-corrected chi connectivity index (χ2v) is 2.70. The van der Waals surface area contributed by atoms with E-state index in [1.165, 1.54) is 5.46 Å². The fourth-order valence-corrected chi connectivity index (χ4v) is 1.18. The van der Waals surface area contributed by atoms with Crippen LogP contribution in [-0.2, 0) is 0 Å². The molecule has 0 fully saturated rings. The Bertz CT molecular complexity index is 329. The lowest BCUT2D eigenvalue weighted by Crippen LogP contribution is -2.29. The maximum Gasteiger partial charge on any atom is 0.237 e. The molecule has 0 aliphatic heterocycles. The highest BCUT2D eigenvalue weighted by atomic mass is 14.9. The van der Waals surface area contributed by atoms with Gasteiger partial charge < -0.3 is 4.98 Å². The van der Waals surface area contributed by atoms with Crippen molar-refractivity contribution in [3.8, 4) is 0 Å². The lowest BCUT2D eigenvalue weighted by molar-refractivity contribution is 1.40. The van der Waals surface area contributed by atoms with Crippen LogP contribution in [-0.4, -0.2) is 17.2 Å². The molecule has 2 rings (SSSR count). The normalized spacial score (nSPS) is 9.67. The molecule has 12 heavy (non-hydrogen) atoms. The fourth-order valence-electron chi connectivity index (χ4n) is 1.18. The molecular weight excluding hydrogens is 147 g/mol. The van der Waals surface area contributed by atoms with Gasteiger partial charge in [-0.2, -0.15) is 0 Å². The van der Waals surface area contributed by atoms with Crippen molar-refractivity contribution in [1.82, 2.24) is 9.97 Å². The molecule has 0 amide bonds.